The van der Waals surface area contributed by atoms with Gasteiger partial charge in [0.05, 0.1) is 16.9 Å². The Bertz CT molecular complexity index is 400. The Morgan fingerprint density at radius 3 is 2.47 bits per heavy atom. The number of nitrogens with zero attached hydrogens (tertiary/aromatic N) is 1. The summed E-state index contributed by atoms with van der Waals surface area (Å²) in [4.78, 5) is 13.2. The summed E-state index contributed by atoms with van der Waals surface area (Å²) in [5, 5.41) is 9.18. The molecule has 4 heteroatoms. The standard InChI is InChI=1S/C13H20N2O2/c1-4-9(5-2)15(3)12-10(13(16)17)7-6-8-11(12)14/h6-9H,4-5,14H2,1-3H3,(H,16,17). The lowest BCUT2D eigenvalue weighted by Gasteiger charge is -2.30. The van der Waals surface area contributed by atoms with Gasteiger partial charge in [-0.15, -0.1) is 0 Å². The van der Waals surface area contributed by atoms with Crippen LogP contribution in [0.15, 0.2) is 18.2 Å². The number of para-hydroxylation sites is 1. The Hall–Kier alpha value is -1.71. The van der Waals surface area contributed by atoms with Gasteiger partial charge in [0.1, 0.15) is 0 Å². The molecule has 94 valence electrons. The van der Waals surface area contributed by atoms with Gasteiger partial charge >= 0.3 is 5.97 Å². The lowest BCUT2D eigenvalue weighted by molar-refractivity contribution is 0.0697. The van der Waals surface area contributed by atoms with Crippen molar-refractivity contribution in [3.8, 4) is 0 Å². The number of anilines is 2. The molecule has 0 amide bonds. The number of rotatable bonds is 5. The number of carbonyl (C=O) groups is 1. The van der Waals surface area contributed by atoms with Crippen molar-refractivity contribution in [1.82, 2.24) is 0 Å². The second kappa shape index (κ2) is 5.57. The van der Waals surface area contributed by atoms with E-state index in [1.807, 2.05) is 11.9 Å². The van der Waals surface area contributed by atoms with Crippen LogP contribution in [0.2, 0.25) is 0 Å². The third-order valence-electron chi connectivity index (χ3n) is 3.14. The topological polar surface area (TPSA) is 66.6 Å². The number of benzene rings is 1. The molecule has 0 spiro atoms. The van der Waals surface area contributed by atoms with E-state index in [-0.39, 0.29) is 5.56 Å². The summed E-state index contributed by atoms with van der Waals surface area (Å²) in [6, 6.07) is 5.30. The highest BCUT2D eigenvalue weighted by atomic mass is 16.4. The number of nitrogens with two attached hydrogens (primary N) is 1. The molecule has 0 aliphatic rings. The van der Waals surface area contributed by atoms with Crippen molar-refractivity contribution in [2.75, 3.05) is 17.7 Å². The molecule has 0 bridgehead atoms. The molecule has 1 aromatic rings. The van der Waals surface area contributed by atoms with Crippen LogP contribution in [0.3, 0.4) is 0 Å². The number of carboxylic acid groups (broad SMARTS) is 1. The SMILES string of the molecule is CCC(CC)N(C)c1c(N)cccc1C(=O)O. The molecule has 0 heterocycles. The average molecular weight is 236 g/mol. The van der Waals surface area contributed by atoms with Crippen molar-refractivity contribution in [3.05, 3.63) is 23.8 Å². The number of hydrogen-bond donors (Lipinski definition) is 2. The van der Waals surface area contributed by atoms with E-state index in [4.69, 9.17) is 5.73 Å². The first-order valence-electron chi connectivity index (χ1n) is 5.87. The predicted octanol–water partition coefficient (Wildman–Crippen LogP) is 2.59. The third kappa shape index (κ3) is 2.70. The van der Waals surface area contributed by atoms with Crippen molar-refractivity contribution >= 4 is 17.3 Å². The van der Waals surface area contributed by atoms with Gasteiger partial charge in [0.2, 0.25) is 0 Å². The fraction of sp³-hybridized carbons (Fsp3) is 0.462. The second-order valence-corrected chi connectivity index (χ2v) is 4.13. The van der Waals surface area contributed by atoms with Crippen molar-refractivity contribution < 1.29 is 9.90 Å². The van der Waals surface area contributed by atoms with Crippen LogP contribution in [0.4, 0.5) is 11.4 Å². The van der Waals surface area contributed by atoms with Crippen LogP contribution in [0.1, 0.15) is 37.0 Å². The molecule has 17 heavy (non-hydrogen) atoms. The first-order valence-corrected chi connectivity index (χ1v) is 5.87. The predicted molar refractivity (Wildman–Crippen MR) is 70.6 cm³/mol. The Balaban J connectivity index is 3.23. The fourth-order valence-electron chi connectivity index (χ4n) is 2.15. The summed E-state index contributed by atoms with van der Waals surface area (Å²) in [5.74, 6) is -0.940. The second-order valence-electron chi connectivity index (χ2n) is 4.13. The maximum atomic E-state index is 11.2. The van der Waals surface area contributed by atoms with Crippen molar-refractivity contribution in [2.45, 2.75) is 32.7 Å². The highest BCUT2D eigenvalue weighted by Gasteiger charge is 2.20. The third-order valence-corrected chi connectivity index (χ3v) is 3.14. The number of hydrogen-bond acceptors (Lipinski definition) is 3. The summed E-state index contributed by atoms with van der Waals surface area (Å²) in [6.07, 6.45) is 1.92. The zero-order chi connectivity index (χ0) is 13.0. The molecule has 1 aromatic carbocycles. The van der Waals surface area contributed by atoms with Crippen LogP contribution in [0.25, 0.3) is 0 Å². The molecule has 0 unspecified atom stereocenters. The van der Waals surface area contributed by atoms with E-state index >= 15 is 0 Å². The van der Waals surface area contributed by atoms with Crippen molar-refractivity contribution in [1.29, 1.82) is 0 Å². The zero-order valence-electron chi connectivity index (χ0n) is 10.6. The molecule has 0 saturated heterocycles. The van der Waals surface area contributed by atoms with Crippen molar-refractivity contribution in [3.63, 3.8) is 0 Å². The van der Waals surface area contributed by atoms with Gasteiger partial charge in [-0.25, -0.2) is 4.79 Å². The van der Waals surface area contributed by atoms with E-state index in [9.17, 15) is 9.90 Å². The van der Waals surface area contributed by atoms with Crippen LogP contribution in [0, 0.1) is 0 Å². The largest absolute Gasteiger partial charge is 0.478 e. The normalized spacial score (nSPS) is 10.6. The first kappa shape index (κ1) is 13.4. The minimum Gasteiger partial charge on any atom is -0.478 e. The molecule has 0 aromatic heterocycles. The minimum atomic E-state index is -0.940. The maximum Gasteiger partial charge on any atom is 0.337 e. The Morgan fingerprint density at radius 1 is 1.41 bits per heavy atom. The molecule has 0 radical (unpaired) electrons. The number of carboxylic acids is 1. The van der Waals surface area contributed by atoms with Gasteiger partial charge in [-0.1, -0.05) is 19.9 Å². The smallest absolute Gasteiger partial charge is 0.337 e. The highest BCUT2D eigenvalue weighted by Crippen LogP contribution is 2.29. The molecule has 0 aliphatic heterocycles. The lowest BCUT2D eigenvalue weighted by Crippen LogP contribution is -2.32. The van der Waals surface area contributed by atoms with Gasteiger partial charge in [-0.3, -0.25) is 0 Å². The lowest BCUT2D eigenvalue weighted by atomic mass is 10.1. The Morgan fingerprint density at radius 2 is 2.00 bits per heavy atom. The molecule has 0 saturated carbocycles. The molecule has 3 N–H and O–H groups in total. The highest BCUT2D eigenvalue weighted by molar-refractivity contribution is 5.98. The molecule has 4 nitrogen and oxygen atoms in total. The molecule has 1 rings (SSSR count). The molecular formula is C13H20N2O2. The van der Waals surface area contributed by atoms with E-state index in [0.717, 1.165) is 12.8 Å². The first-order chi connectivity index (χ1) is 8.02. The van der Waals surface area contributed by atoms with Gasteiger partial charge in [0, 0.05) is 13.1 Å². The monoisotopic (exact) mass is 236 g/mol. The number of nitrogen functional groups attached to an aromatic ring is 1. The molecule has 0 fully saturated rings. The van der Waals surface area contributed by atoms with Gasteiger partial charge in [-0.05, 0) is 25.0 Å². The van der Waals surface area contributed by atoms with Gasteiger partial charge in [0.15, 0.2) is 0 Å². The average Bonchev–Trinajstić information content (AvgIpc) is 2.29. The van der Waals surface area contributed by atoms with E-state index in [1.165, 1.54) is 0 Å². The molecule has 0 aliphatic carbocycles. The Labute approximate surface area is 102 Å². The van der Waals surface area contributed by atoms with Crippen LogP contribution >= 0.6 is 0 Å². The summed E-state index contributed by atoms with van der Waals surface area (Å²) in [6.45, 7) is 4.18. The maximum absolute atomic E-state index is 11.2. The van der Waals surface area contributed by atoms with Gasteiger partial charge in [0.25, 0.3) is 0 Å². The summed E-state index contributed by atoms with van der Waals surface area (Å²) in [5.41, 5.74) is 7.30. The summed E-state index contributed by atoms with van der Waals surface area (Å²) in [7, 11) is 1.90. The summed E-state index contributed by atoms with van der Waals surface area (Å²) < 4.78 is 0. The molecule has 0 atom stereocenters. The Kier molecular flexibility index (Phi) is 4.37. The van der Waals surface area contributed by atoms with Gasteiger partial charge in [-0.2, -0.15) is 0 Å². The van der Waals surface area contributed by atoms with E-state index in [0.29, 0.717) is 17.4 Å². The van der Waals surface area contributed by atoms with Crippen molar-refractivity contribution in [2.24, 2.45) is 0 Å². The minimum absolute atomic E-state index is 0.263. The van der Waals surface area contributed by atoms with E-state index < -0.39 is 5.97 Å². The number of aromatic carboxylic acids is 1. The fourth-order valence-corrected chi connectivity index (χ4v) is 2.15. The van der Waals surface area contributed by atoms with E-state index in [2.05, 4.69) is 13.8 Å². The summed E-state index contributed by atoms with van der Waals surface area (Å²) >= 11 is 0. The van der Waals surface area contributed by atoms with Crippen LogP contribution in [-0.4, -0.2) is 24.2 Å². The molecular weight excluding hydrogens is 216 g/mol. The quantitative estimate of drug-likeness (QED) is 0.771. The van der Waals surface area contributed by atoms with Crippen LogP contribution in [-0.2, 0) is 0 Å². The zero-order valence-corrected chi connectivity index (χ0v) is 10.6. The van der Waals surface area contributed by atoms with E-state index in [1.54, 1.807) is 18.2 Å². The van der Waals surface area contributed by atoms with Crippen LogP contribution < -0.4 is 10.6 Å². The van der Waals surface area contributed by atoms with Crippen LogP contribution in [0.5, 0.6) is 0 Å². The van der Waals surface area contributed by atoms with Gasteiger partial charge < -0.3 is 15.7 Å².